The van der Waals surface area contributed by atoms with Crippen molar-refractivity contribution in [3.05, 3.63) is 54.4 Å². The highest BCUT2D eigenvalue weighted by atomic mass is 32.2. The van der Waals surface area contributed by atoms with E-state index in [0.717, 1.165) is 20.1 Å². The zero-order valence-electron chi connectivity index (χ0n) is 11.5. The standard InChI is InChI=1S/C15H12N4OS2/c20-14(19-17-9-11-5-7-16-8-6-11)10-21-15-18-12-3-1-2-4-13(12)22-15/h1-9H,10H2,(H,19,20)/b17-9-. The highest BCUT2D eigenvalue weighted by Gasteiger charge is 2.06. The number of nitrogens with one attached hydrogen (secondary N) is 1. The van der Waals surface area contributed by atoms with Crippen LogP contribution in [0.2, 0.25) is 0 Å². The van der Waals surface area contributed by atoms with Gasteiger partial charge in [-0.1, -0.05) is 23.9 Å². The average molecular weight is 328 g/mol. The number of pyridine rings is 1. The van der Waals surface area contributed by atoms with Crippen molar-refractivity contribution in [2.45, 2.75) is 4.34 Å². The van der Waals surface area contributed by atoms with Crippen LogP contribution in [-0.2, 0) is 4.79 Å². The van der Waals surface area contributed by atoms with Crippen LogP contribution in [-0.4, -0.2) is 27.8 Å². The van der Waals surface area contributed by atoms with Crippen molar-refractivity contribution in [1.29, 1.82) is 0 Å². The first-order valence-electron chi connectivity index (χ1n) is 6.51. The smallest absolute Gasteiger partial charge is 0.250 e. The summed E-state index contributed by atoms with van der Waals surface area (Å²) in [5.74, 6) is 0.127. The molecule has 0 saturated heterocycles. The molecule has 3 aromatic rings. The lowest BCUT2D eigenvalue weighted by atomic mass is 10.3. The number of amides is 1. The maximum absolute atomic E-state index is 11.7. The summed E-state index contributed by atoms with van der Waals surface area (Å²) in [6.07, 6.45) is 4.93. The van der Waals surface area contributed by atoms with Crippen LogP contribution in [0.3, 0.4) is 0 Å². The number of carbonyl (C=O) groups is 1. The van der Waals surface area contributed by atoms with E-state index in [4.69, 9.17) is 0 Å². The topological polar surface area (TPSA) is 67.2 Å². The number of carbonyl (C=O) groups excluding carboxylic acids is 1. The van der Waals surface area contributed by atoms with E-state index in [-0.39, 0.29) is 11.7 Å². The van der Waals surface area contributed by atoms with E-state index in [9.17, 15) is 4.79 Å². The van der Waals surface area contributed by atoms with Crippen molar-refractivity contribution in [2.75, 3.05) is 5.75 Å². The third-order valence-corrected chi connectivity index (χ3v) is 4.89. The number of para-hydroxylation sites is 1. The van der Waals surface area contributed by atoms with Gasteiger partial charge in [-0.2, -0.15) is 5.10 Å². The molecule has 0 aliphatic carbocycles. The van der Waals surface area contributed by atoms with Crippen LogP contribution in [0.15, 0.2) is 58.2 Å². The fourth-order valence-corrected chi connectivity index (χ4v) is 3.56. The van der Waals surface area contributed by atoms with Gasteiger partial charge in [-0.05, 0) is 29.8 Å². The van der Waals surface area contributed by atoms with E-state index < -0.39 is 0 Å². The zero-order chi connectivity index (χ0) is 15.2. The van der Waals surface area contributed by atoms with Gasteiger partial charge >= 0.3 is 0 Å². The number of fused-ring (bicyclic) bond motifs is 1. The molecule has 0 radical (unpaired) electrons. The second-order valence-electron chi connectivity index (χ2n) is 4.31. The molecule has 0 saturated carbocycles. The molecule has 0 spiro atoms. The fourth-order valence-electron chi connectivity index (χ4n) is 1.70. The summed E-state index contributed by atoms with van der Waals surface area (Å²) in [4.78, 5) is 20.1. The normalized spacial score (nSPS) is 11.1. The predicted octanol–water partition coefficient (Wildman–Crippen LogP) is 2.93. The maximum atomic E-state index is 11.7. The molecule has 2 heterocycles. The Hall–Kier alpha value is -2.25. The van der Waals surface area contributed by atoms with Crippen molar-refractivity contribution < 1.29 is 4.79 Å². The van der Waals surface area contributed by atoms with Gasteiger partial charge in [0.25, 0.3) is 5.91 Å². The molecular formula is C15H12N4OS2. The third-order valence-electron chi connectivity index (χ3n) is 2.71. The van der Waals surface area contributed by atoms with Crippen LogP contribution in [0, 0.1) is 0 Å². The van der Waals surface area contributed by atoms with Crippen LogP contribution >= 0.6 is 23.1 Å². The molecular weight excluding hydrogens is 316 g/mol. The molecule has 22 heavy (non-hydrogen) atoms. The van der Waals surface area contributed by atoms with E-state index >= 15 is 0 Å². The Balaban J connectivity index is 1.51. The quantitative estimate of drug-likeness (QED) is 0.444. The molecule has 1 amide bonds. The molecule has 1 aromatic carbocycles. The Bertz CT molecular complexity index is 768. The van der Waals surface area contributed by atoms with Crippen molar-refractivity contribution >= 4 is 45.4 Å². The number of nitrogens with zero attached hydrogens (tertiary/aromatic N) is 3. The second kappa shape index (κ2) is 7.15. The number of hydrogen-bond acceptors (Lipinski definition) is 6. The van der Waals surface area contributed by atoms with Crippen molar-refractivity contribution in [2.24, 2.45) is 5.10 Å². The van der Waals surface area contributed by atoms with Gasteiger partial charge < -0.3 is 0 Å². The second-order valence-corrected chi connectivity index (χ2v) is 6.56. The monoisotopic (exact) mass is 328 g/mol. The minimum Gasteiger partial charge on any atom is -0.272 e. The Morgan fingerprint density at radius 2 is 2.09 bits per heavy atom. The summed E-state index contributed by atoms with van der Waals surface area (Å²) >= 11 is 3.00. The van der Waals surface area contributed by atoms with Gasteiger partial charge in [0.05, 0.1) is 22.2 Å². The van der Waals surface area contributed by atoms with Crippen molar-refractivity contribution in [1.82, 2.24) is 15.4 Å². The average Bonchev–Trinajstić information content (AvgIpc) is 2.97. The van der Waals surface area contributed by atoms with Crippen LogP contribution in [0.1, 0.15) is 5.56 Å². The van der Waals surface area contributed by atoms with Gasteiger partial charge in [-0.3, -0.25) is 9.78 Å². The minimum absolute atomic E-state index is 0.158. The van der Waals surface area contributed by atoms with E-state index in [0.29, 0.717) is 0 Å². The molecule has 1 N–H and O–H groups in total. The summed E-state index contributed by atoms with van der Waals surface area (Å²) in [6, 6.07) is 11.6. The SMILES string of the molecule is O=C(CSc1nc2ccccc2s1)N/N=C\c1ccncc1. The molecule has 0 bridgehead atoms. The van der Waals surface area contributed by atoms with Crippen LogP contribution in [0.5, 0.6) is 0 Å². The molecule has 0 unspecified atom stereocenters. The molecule has 0 aliphatic rings. The number of hydrogen-bond donors (Lipinski definition) is 1. The maximum Gasteiger partial charge on any atom is 0.250 e. The molecule has 0 atom stereocenters. The fraction of sp³-hybridized carbons (Fsp3) is 0.0667. The van der Waals surface area contributed by atoms with Gasteiger partial charge in [0.1, 0.15) is 0 Å². The lowest BCUT2D eigenvalue weighted by Crippen LogP contribution is -2.19. The number of rotatable bonds is 5. The zero-order valence-corrected chi connectivity index (χ0v) is 13.1. The summed E-state index contributed by atoms with van der Waals surface area (Å²) in [5.41, 5.74) is 4.35. The van der Waals surface area contributed by atoms with Gasteiger partial charge in [0, 0.05) is 12.4 Å². The highest BCUT2D eigenvalue weighted by Crippen LogP contribution is 2.28. The molecule has 5 nitrogen and oxygen atoms in total. The van der Waals surface area contributed by atoms with Gasteiger partial charge in [-0.25, -0.2) is 10.4 Å². The first-order chi connectivity index (χ1) is 10.8. The molecule has 7 heteroatoms. The van der Waals surface area contributed by atoms with E-state index in [1.807, 2.05) is 36.4 Å². The predicted molar refractivity (Wildman–Crippen MR) is 90.3 cm³/mol. The van der Waals surface area contributed by atoms with Gasteiger partial charge in [0.2, 0.25) is 0 Å². The summed E-state index contributed by atoms with van der Waals surface area (Å²) in [7, 11) is 0. The molecule has 110 valence electrons. The lowest BCUT2D eigenvalue weighted by molar-refractivity contribution is -0.118. The number of hydrazone groups is 1. The first-order valence-corrected chi connectivity index (χ1v) is 8.32. The van der Waals surface area contributed by atoms with Gasteiger partial charge in [-0.15, -0.1) is 11.3 Å². The molecule has 0 fully saturated rings. The minimum atomic E-state index is -0.158. The third kappa shape index (κ3) is 3.90. The number of benzene rings is 1. The van der Waals surface area contributed by atoms with Crippen LogP contribution in [0.25, 0.3) is 10.2 Å². The Kier molecular flexibility index (Phi) is 4.77. The number of thioether (sulfide) groups is 1. The van der Waals surface area contributed by atoms with E-state index in [2.05, 4.69) is 20.5 Å². The molecule has 0 aliphatic heterocycles. The number of thiazole rings is 1. The van der Waals surface area contributed by atoms with Gasteiger partial charge in [0.15, 0.2) is 4.34 Å². The summed E-state index contributed by atoms with van der Waals surface area (Å²) < 4.78 is 2.01. The Morgan fingerprint density at radius 3 is 2.91 bits per heavy atom. The summed E-state index contributed by atoms with van der Waals surface area (Å²) in [5, 5.41) is 3.91. The molecule has 3 rings (SSSR count). The van der Waals surface area contributed by atoms with E-state index in [1.165, 1.54) is 11.8 Å². The van der Waals surface area contributed by atoms with E-state index in [1.54, 1.807) is 29.9 Å². The lowest BCUT2D eigenvalue weighted by Gasteiger charge is -1.97. The Morgan fingerprint density at radius 1 is 1.27 bits per heavy atom. The first kappa shape index (κ1) is 14.7. The van der Waals surface area contributed by atoms with Crippen LogP contribution < -0.4 is 5.43 Å². The van der Waals surface area contributed by atoms with Crippen LogP contribution in [0.4, 0.5) is 0 Å². The highest BCUT2D eigenvalue weighted by molar-refractivity contribution is 8.01. The Labute approximate surface area is 135 Å². The van der Waals surface area contributed by atoms with Crippen molar-refractivity contribution in [3.63, 3.8) is 0 Å². The largest absolute Gasteiger partial charge is 0.272 e. The molecule has 2 aromatic heterocycles. The van der Waals surface area contributed by atoms with Crippen molar-refractivity contribution in [3.8, 4) is 0 Å². The summed E-state index contributed by atoms with van der Waals surface area (Å²) in [6.45, 7) is 0. The number of aromatic nitrogens is 2.